The van der Waals surface area contributed by atoms with Crippen molar-refractivity contribution in [1.82, 2.24) is 20.5 Å². The second kappa shape index (κ2) is 5.22. The molecule has 1 heterocycles. The summed E-state index contributed by atoms with van der Waals surface area (Å²) >= 11 is 0. The maximum Gasteiger partial charge on any atom is 0.297 e. The van der Waals surface area contributed by atoms with Crippen LogP contribution in [0.2, 0.25) is 0 Å². The molecule has 6 heteroatoms. The molecule has 0 aliphatic carbocycles. The van der Waals surface area contributed by atoms with E-state index >= 15 is 0 Å². The van der Waals surface area contributed by atoms with Gasteiger partial charge in [-0.15, -0.1) is 5.10 Å². The minimum Gasteiger partial charge on any atom is -0.274 e. The van der Waals surface area contributed by atoms with Crippen LogP contribution in [0.15, 0.2) is 36.5 Å². The monoisotopic (exact) mass is 232 g/mol. The Bertz CT molecular complexity index is 495. The summed E-state index contributed by atoms with van der Waals surface area (Å²) < 4.78 is 1.53. The van der Waals surface area contributed by atoms with Gasteiger partial charge < -0.3 is 0 Å². The third kappa shape index (κ3) is 2.67. The predicted octanol–water partition coefficient (Wildman–Crippen LogP) is 0.949. The topological polar surface area (TPSA) is 69.0 Å². The highest BCUT2D eigenvalue weighted by molar-refractivity contribution is 5.91. The fourth-order valence-electron chi connectivity index (χ4n) is 1.26. The standard InChI is InChI=1S/C11H12N4O2/c1-2-17-13-11(16)10-8-15(14-12-10)9-6-4-3-5-7-9/h3-8H,2H2,1H3,(H,13,16). The molecule has 0 fully saturated rings. The number of carbonyl (C=O) groups is 1. The lowest BCUT2D eigenvalue weighted by atomic mass is 10.3. The van der Waals surface area contributed by atoms with E-state index in [0.29, 0.717) is 6.61 Å². The van der Waals surface area contributed by atoms with Gasteiger partial charge in [0.15, 0.2) is 5.69 Å². The van der Waals surface area contributed by atoms with Crippen molar-refractivity contribution >= 4 is 5.91 Å². The summed E-state index contributed by atoms with van der Waals surface area (Å²) in [4.78, 5) is 16.3. The van der Waals surface area contributed by atoms with Gasteiger partial charge in [-0.2, -0.15) is 0 Å². The van der Waals surface area contributed by atoms with E-state index in [-0.39, 0.29) is 5.69 Å². The van der Waals surface area contributed by atoms with Crippen LogP contribution in [0.1, 0.15) is 17.4 Å². The zero-order valence-electron chi connectivity index (χ0n) is 9.33. The number of benzene rings is 1. The molecule has 0 saturated carbocycles. The Morgan fingerprint density at radius 1 is 1.41 bits per heavy atom. The van der Waals surface area contributed by atoms with E-state index in [1.165, 1.54) is 4.68 Å². The number of para-hydroxylation sites is 1. The number of carbonyl (C=O) groups excluding carboxylic acids is 1. The summed E-state index contributed by atoms with van der Waals surface area (Å²) in [5, 5.41) is 7.63. The third-order valence-corrected chi connectivity index (χ3v) is 2.06. The summed E-state index contributed by atoms with van der Waals surface area (Å²) in [6, 6.07) is 9.43. The largest absolute Gasteiger partial charge is 0.297 e. The second-order valence-electron chi connectivity index (χ2n) is 3.25. The highest BCUT2D eigenvalue weighted by Crippen LogP contribution is 2.05. The van der Waals surface area contributed by atoms with Crippen LogP contribution in [-0.2, 0) is 4.84 Å². The summed E-state index contributed by atoms with van der Waals surface area (Å²) in [6.07, 6.45) is 1.55. The Hall–Kier alpha value is -2.21. The molecule has 2 rings (SSSR count). The van der Waals surface area contributed by atoms with Gasteiger partial charge in [0.2, 0.25) is 0 Å². The first-order chi connectivity index (χ1) is 8.31. The number of hydrogen-bond donors (Lipinski definition) is 1. The van der Waals surface area contributed by atoms with E-state index in [2.05, 4.69) is 15.8 Å². The van der Waals surface area contributed by atoms with E-state index in [9.17, 15) is 4.79 Å². The fraction of sp³-hybridized carbons (Fsp3) is 0.182. The molecule has 6 nitrogen and oxygen atoms in total. The molecule has 17 heavy (non-hydrogen) atoms. The van der Waals surface area contributed by atoms with Crippen LogP contribution in [-0.4, -0.2) is 27.5 Å². The van der Waals surface area contributed by atoms with Gasteiger partial charge in [0, 0.05) is 0 Å². The summed E-state index contributed by atoms with van der Waals surface area (Å²) in [5.74, 6) is -0.408. The van der Waals surface area contributed by atoms with Crippen LogP contribution in [0.4, 0.5) is 0 Å². The Kier molecular flexibility index (Phi) is 3.46. The van der Waals surface area contributed by atoms with E-state index < -0.39 is 5.91 Å². The van der Waals surface area contributed by atoms with Gasteiger partial charge >= 0.3 is 0 Å². The number of nitrogens with zero attached hydrogens (tertiary/aromatic N) is 3. The predicted molar refractivity (Wildman–Crippen MR) is 60.5 cm³/mol. The fourth-order valence-corrected chi connectivity index (χ4v) is 1.26. The van der Waals surface area contributed by atoms with Gasteiger partial charge in [-0.05, 0) is 19.1 Å². The lowest BCUT2D eigenvalue weighted by Crippen LogP contribution is -2.23. The van der Waals surface area contributed by atoms with Crippen molar-refractivity contribution in [3.05, 3.63) is 42.2 Å². The molecule has 0 aliphatic heterocycles. The number of aromatic nitrogens is 3. The average Bonchev–Trinajstić information content (AvgIpc) is 2.86. The first-order valence-electron chi connectivity index (χ1n) is 5.21. The SMILES string of the molecule is CCONC(=O)c1cn(-c2ccccc2)nn1. The van der Waals surface area contributed by atoms with Crippen molar-refractivity contribution in [2.24, 2.45) is 0 Å². The molecule has 0 unspecified atom stereocenters. The van der Waals surface area contributed by atoms with E-state index in [4.69, 9.17) is 4.84 Å². The minimum absolute atomic E-state index is 0.210. The second-order valence-corrected chi connectivity index (χ2v) is 3.25. The van der Waals surface area contributed by atoms with Gasteiger partial charge in [-0.25, -0.2) is 10.2 Å². The highest BCUT2D eigenvalue weighted by atomic mass is 16.6. The van der Waals surface area contributed by atoms with E-state index in [1.54, 1.807) is 13.1 Å². The summed E-state index contributed by atoms with van der Waals surface area (Å²) in [6.45, 7) is 2.18. The molecule has 1 aromatic carbocycles. The van der Waals surface area contributed by atoms with Crippen LogP contribution < -0.4 is 5.48 Å². The molecule has 0 aliphatic rings. The van der Waals surface area contributed by atoms with Crippen molar-refractivity contribution in [3.63, 3.8) is 0 Å². The van der Waals surface area contributed by atoms with Crippen molar-refractivity contribution in [2.45, 2.75) is 6.92 Å². The lowest BCUT2D eigenvalue weighted by molar-refractivity contribution is 0.0360. The zero-order chi connectivity index (χ0) is 12.1. The molecule has 0 saturated heterocycles. The maximum atomic E-state index is 11.5. The third-order valence-electron chi connectivity index (χ3n) is 2.06. The Labute approximate surface area is 98.2 Å². The smallest absolute Gasteiger partial charge is 0.274 e. The first-order valence-corrected chi connectivity index (χ1v) is 5.21. The lowest BCUT2D eigenvalue weighted by Gasteiger charge is -1.99. The number of rotatable bonds is 4. The molecule has 0 radical (unpaired) electrons. The molecule has 1 aromatic heterocycles. The van der Waals surface area contributed by atoms with Gasteiger partial charge in [-0.1, -0.05) is 23.4 Å². The normalized spacial score (nSPS) is 10.2. The number of hydroxylamine groups is 1. The molecule has 1 N–H and O–H groups in total. The van der Waals surface area contributed by atoms with Crippen LogP contribution in [0.25, 0.3) is 5.69 Å². The molecule has 0 bridgehead atoms. The van der Waals surface area contributed by atoms with Crippen molar-refractivity contribution in [2.75, 3.05) is 6.61 Å². The van der Waals surface area contributed by atoms with Crippen LogP contribution in [0.5, 0.6) is 0 Å². The Morgan fingerprint density at radius 2 is 2.18 bits per heavy atom. The van der Waals surface area contributed by atoms with Crippen molar-refractivity contribution in [1.29, 1.82) is 0 Å². The molecular formula is C11H12N4O2. The number of hydrogen-bond acceptors (Lipinski definition) is 4. The highest BCUT2D eigenvalue weighted by Gasteiger charge is 2.10. The van der Waals surface area contributed by atoms with Gasteiger partial charge in [0.25, 0.3) is 5.91 Å². The zero-order valence-corrected chi connectivity index (χ0v) is 9.33. The van der Waals surface area contributed by atoms with Crippen molar-refractivity contribution in [3.8, 4) is 5.69 Å². The van der Waals surface area contributed by atoms with E-state index in [0.717, 1.165) is 5.69 Å². The van der Waals surface area contributed by atoms with Gasteiger partial charge in [0.1, 0.15) is 0 Å². The average molecular weight is 232 g/mol. The van der Waals surface area contributed by atoms with Gasteiger partial charge in [-0.3, -0.25) is 9.63 Å². The Morgan fingerprint density at radius 3 is 2.88 bits per heavy atom. The maximum absolute atomic E-state index is 11.5. The van der Waals surface area contributed by atoms with E-state index in [1.807, 2.05) is 30.3 Å². The molecule has 2 aromatic rings. The molecular weight excluding hydrogens is 220 g/mol. The van der Waals surface area contributed by atoms with Crippen molar-refractivity contribution < 1.29 is 9.63 Å². The van der Waals surface area contributed by atoms with Crippen LogP contribution >= 0.6 is 0 Å². The molecule has 88 valence electrons. The molecule has 1 amide bonds. The number of amides is 1. The van der Waals surface area contributed by atoms with Crippen LogP contribution in [0.3, 0.4) is 0 Å². The summed E-state index contributed by atoms with van der Waals surface area (Å²) in [5.41, 5.74) is 3.31. The quantitative estimate of drug-likeness (QED) is 0.797. The first kappa shape index (κ1) is 11.3. The minimum atomic E-state index is -0.408. The van der Waals surface area contributed by atoms with Crippen LogP contribution in [0, 0.1) is 0 Å². The summed E-state index contributed by atoms with van der Waals surface area (Å²) in [7, 11) is 0. The molecule has 0 atom stereocenters. The number of nitrogens with one attached hydrogen (secondary N) is 1. The molecule has 0 spiro atoms. The van der Waals surface area contributed by atoms with Gasteiger partial charge in [0.05, 0.1) is 18.5 Å². The Balaban J connectivity index is 2.14.